The third kappa shape index (κ3) is 8.46. The molecule has 2 heterocycles. The molecule has 1 saturated heterocycles. The highest BCUT2D eigenvalue weighted by atomic mass is 127. The number of piperidine rings is 1. The van der Waals surface area contributed by atoms with E-state index in [1.165, 1.54) is 5.56 Å². The maximum absolute atomic E-state index is 11.8. The van der Waals surface area contributed by atoms with E-state index < -0.39 is 0 Å². The van der Waals surface area contributed by atoms with Crippen molar-refractivity contribution in [3.8, 4) is 0 Å². The number of rotatable bonds is 7. The molecule has 0 bridgehead atoms. The summed E-state index contributed by atoms with van der Waals surface area (Å²) in [4.78, 5) is 20.4. The van der Waals surface area contributed by atoms with Crippen molar-refractivity contribution in [3.05, 3.63) is 18.0 Å². The van der Waals surface area contributed by atoms with Gasteiger partial charge in [-0.05, 0) is 32.3 Å². The lowest BCUT2D eigenvalue weighted by Gasteiger charge is -2.33. The largest absolute Gasteiger partial charge is 0.357 e. The van der Waals surface area contributed by atoms with Crippen molar-refractivity contribution >= 4 is 35.8 Å². The van der Waals surface area contributed by atoms with E-state index >= 15 is 0 Å². The van der Waals surface area contributed by atoms with Gasteiger partial charge in [0, 0.05) is 46.0 Å². The summed E-state index contributed by atoms with van der Waals surface area (Å²) in [5.74, 6) is 1.03. The summed E-state index contributed by atoms with van der Waals surface area (Å²) in [6.45, 7) is 8.79. The number of guanidine groups is 1. The number of likely N-dealkylation sites (tertiary alicyclic amines) is 1. The van der Waals surface area contributed by atoms with Gasteiger partial charge in [-0.15, -0.1) is 24.0 Å². The number of hydrogen-bond acceptors (Lipinski definition) is 4. The Balaban J connectivity index is 0.00000364. The van der Waals surface area contributed by atoms with Crippen molar-refractivity contribution in [3.63, 3.8) is 0 Å². The molecule has 1 aliphatic heterocycles. The van der Waals surface area contributed by atoms with Gasteiger partial charge in [-0.1, -0.05) is 0 Å². The summed E-state index contributed by atoms with van der Waals surface area (Å²) < 4.78 is 1.92. The molecule has 1 aliphatic rings. The second kappa shape index (κ2) is 12.2. The summed E-state index contributed by atoms with van der Waals surface area (Å²) >= 11 is 0. The minimum atomic E-state index is 0. The Kier molecular flexibility index (Phi) is 10.7. The van der Waals surface area contributed by atoms with E-state index in [2.05, 4.69) is 32.5 Å². The molecule has 1 aromatic rings. The fourth-order valence-electron chi connectivity index (χ4n) is 2.93. The second-order valence-corrected chi connectivity index (χ2v) is 7.02. The lowest BCUT2D eigenvalue weighted by atomic mass is 10.1. The number of aryl methyl sites for hydroxylation is 1. The molecule has 0 unspecified atom stereocenters. The molecule has 27 heavy (non-hydrogen) atoms. The molecule has 2 rings (SSSR count). The summed E-state index contributed by atoms with van der Waals surface area (Å²) in [6.07, 6.45) is 5.93. The molecule has 1 fully saturated rings. The SMILES string of the molecule is CCNC(=NCCn1cc(C)cn1)NC1CCN(CC(=O)N(C)C)CC1.I. The predicted molar refractivity (Wildman–Crippen MR) is 120 cm³/mol. The van der Waals surface area contributed by atoms with E-state index in [9.17, 15) is 4.79 Å². The molecule has 0 saturated carbocycles. The van der Waals surface area contributed by atoms with Crippen LogP contribution in [0.25, 0.3) is 0 Å². The van der Waals surface area contributed by atoms with Crippen LogP contribution in [0.2, 0.25) is 0 Å². The first-order chi connectivity index (χ1) is 12.5. The van der Waals surface area contributed by atoms with Gasteiger partial charge in [0.05, 0.1) is 25.8 Å². The fourth-order valence-corrected chi connectivity index (χ4v) is 2.93. The lowest BCUT2D eigenvalue weighted by molar-refractivity contribution is -0.130. The second-order valence-electron chi connectivity index (χ2n) is 7.02. The topological polar surface area (TPSA) is 77.8 Å². The van der Waals surface area contributed by atoms with E-state index in [-0.39, 0.29) is 29.9 Å². The molecule has 0 spiro atoms. The quantitative estimate of drug-likeness (QED) is 0.337. The number of likely N-dealkylation sites (N-methyl/N-ethyl adjacent to an activating group) is 1. The van der Waals surface area contributed by atoms with Crippen molar-refractivity contribution in [1.29, 1.82) is 0 Å². The van der Waals surface area contributed by atoms with Gasteiger partial charge in [0.15, 0.2) is 5.96 Å². The van der Waals surface area contributed by atoms with Gasteiger partial charge in [-0.2, -0.15) is 5.10 Å². The molecule has 154 valence electrons. The normalized spacial score (nSPS) is 15.9. The maximum atomic E-state index is 11.8. The zero-order chi connectivity index (χ0) is 18.9. The number of carbonyl (C=O) groups is 1. The van der Waals surface area contributed by atoms with Crippen LogP contribution in [-0.2, 0) is 11.3 Å². The highest BCUT2D eigenvalue weighted by Crippen LogP contribution is 2.10. The summed E-state index contributed by atoms with van der Waals surface area (Å²) in [7, 11) is 3.61. The molecular weight excluding hydrogens is 457 g/mol. The summed E-state index contributed by atoms with van der Waals surface area (Å²) in [6, 6.07) is 0.394. The van der Waals surface area contributed by atoms with E-state index in [0.717, 1.165) is 45.0 Å². The van der Waals surface area contributed by atoms with Crippen LogP contribution in [0.15, 0.2) is 17.4 Å². The third-order valence-corrected chi connectivity index (χ3v) is 4.49. The first kappa shape index (κ1) is 23.7. The van der Waals surface area contributed by atoms with Crippen LogP contribution in [-0.4, -0.2) is 84.3 Å². The van der Waals surface area contributed by atoms with Gasteiger partial charge in [-0.25, -0.2) is 0 Å². The summed E-state index contributed by atoms with van der Waals surface area (Å²) in [5.41, 5.74) is 1.17. The number of nitrogens with zero attached hydrogens (tertiary/aromatic N) is 5. The number of amides is 1. The Bertz CT molecular complexity index is 594. The molecule has 1 amide bonds. The number of nitrogens with one attached hydrogen (secondary N) is 2. The summed E-state index contributed by atoms with van der Waals surface area (Å²) in [5, 5.41) is 11.1. The average Bonchev–Trinajstić information content (AvgIpc) is 3.02. The van der Waals surface area contributed by atoms with Crippen molar-refractivity contribution < 1.29 is 4.79 Å². The van der Waals surface area contributed by atoms with Crippen molar-refractivity contribution in [2.24, 2.45) is 4.99 Å². The first-order valence-corrected chi connectivity index (χ1v) is 9.44. The standard InChI is InChI=1S/C18H33N7O.HI/c1-5-19-18(20-8-11-25-13-15(2)12-21-25)22-16-6-9-24(10-7-16)14-17(26)23(3)4;/h12-13,16H,5-11,14H2,1-4H3,(H2,19,20,22);1H. The number of aliphatic imine (C=N–C) groups is 1. The minimum absolute atomic E-state index is 0. The van der Waals surface area contributed by atoms with Gasteiger partial charge in [-0.3, -0.25) is 19.4 Å². The Hall–Kier alpha value is -1.36. The third-order valence-electron chi connectivity index (χ3n) is 4.49. The zero-order valence-electron chi connectivity index (χ0n) is 16.9. The Morgan fingerprint density at radius 1 is 1.37 bits per heavy atom. The van der Waals surface area contributed by atoms with E-state index in [1.54, 1.807) is 19.0 Å². The predicted octanol–water partition coefficient (Wildman–Crippen LogP) is 0.917. The number of carbonyl (C=O) groups excluding carboxylic acids is 1. The Labute approximate surface area is 179 Å². The average molecular weight is 491 g/mol. The number of hydrogen-bond donors (Lipinski definition) is 2. The van der Waals surface area contributed by atoms with Crippen LogP contribution >= 0.6 is 24.0 Å². The number of halogens is 1. The first-order valence-electron chi connectivity index (χ1n) is 9.44. The Morgan fingerprint density at radius 2 is 2.07 bits per heavy atom. The fraction of sp³-hybridized carbons (Fsp3) is 0.722. The molecule has 0 atom stereocenters. The molecule has 0 aliphatic carbocycles. The molecule has 8 nitrogen and oxygen atoms in total. The monoisotopic (exact) mass is 491 g/mol. The van der Waals surface area contributed by atoms with Crippen LogP contribution in [0.5, 0.6) is 0 Å². The van der Waals surface area contributed by atoms with Crippen LogP contribution in [0.4, 0.5) is 0 Å². The van der Waals surface area contributed by atoms with Gasteiger partial charge in [0.25, 0.3) is 0 Å². The molecule has 2 N–H and O–H groups in total. The zero-order valence-corrected chi connectivity index (χ0v) is 19.3. The van der Waals surface area contributed by atoms with Crippen molar-refractivity contribution in [1.82, 2.24) is 30.2 Å². The van der Waals surface area contributed by atoms with Crippen LogP contribution in [0, 0.1) is 6.92 Å². The van der Waals surface area contributed by atoms with Crippen LogP contribution in [0.1, 0.15) is 25.3 Å². The molecular formula is C18H34IN7O. The Morgan fingerprint density at radius 3 is 2.63 bits per heavy atom. The van der Waals surface area contributed by atoms with Gasteiger partial charge in [0.2, 0.25) is 5.91 Å². The molecule has 1 aromatic heterocycles. The van der Waals surface area contributed by atoms with Crippen LogP contribution in [0.3, 0.4) is 0 Å². The van der Waals surface area contributed by atoms with E-state index in [0.29, 0.717) is 19.1 Å². The molecule has 0 aromatic carbocycles. The smallest absolute Gasteiger partial charge is 0.236 e. The van der Waals surface area contributed by atoms with Gasteiger partial charge < -0.3 is 15.5 Å². The highest BCUT2D eigenvalue weighted by molar-refractivity contribution is 14.0. The lowest BCUT2D eigenvalue weighted by Crippen LogP contribution is -2.50. The minimum Gasteiger partial charge on any atom is -0.357 e. The van der Waals surface area contributed by atoms with Gasteiger partial charge in [0.1, 0.15) is 0 Å². The van der Waals surface area contributed by atoms with Crippen molar-refractivity contribution in [2.75, 3.05) is 46.8 Å². The van der Waals surface area contributed by atoms with E-state index in [1.807, 2.05) is 24.0 Å². The molecule has 9 heteroatoms. The number of aromatic nitrogens is 2. The van der Waals surface area contributed by atoms with Crippen molar-refractivity contribution in [2.45, 2.75) is 39.3 Å². The van der Waals surface area contributed by atoms with E-state index in [4.69, 9.17) is 0 Å². The van der Waals surface area contributed by atoms with Gasteiger partial charge >= 0.3 is 0 Å². The van der Waals surface area contributed by atoms with Crippen LogP contribution < -0.4 is 10.6 Å². The highest BCUT2D eigenvalue weighted by Gasteiger charge is 2.21. The molecule has 0 radical (unpaired) electrons. The maximum Gasteiger partial charge on any atom is 0.236 e.